The van der Waals surface area contributed by atoms with Gasteiger partial charge in [0.15, 0.2) is 0 Å². The predicted molar refractivity (Wildman–Crippen MR) is 77.5 cm³/mol. The average Bonchev–Trinajstić information content (AvgIpc) is 2.46. The van der Waals surface area contributed by atoms with Crippen LogP contribution in [0.2, 0.25) is 0 Å². The number of hydrogen-bond acceptors (Lipinski definition) is 4. The first kappa shape index (κ1) is 14.2. The van der Waals surface area contributed by atoms with Crippen molar-refractivity contribution in [3.05, 3.63) is 24.3 Å². The number of piperidine rings is 1. The fourth-order valence-electron chi connectivity index (χ4n) is 2.06. The van der Waals surface area contributed by atoms with Gasteiger partial charge < -0.3 is 15.4 Å². The van der Waals surface area contributed by atoms with Crippen LogP contribution in [0.15, 0.2) is 29.2 Å². The van der Waals surface area contributed by atoms with E-state index in [1.54, 1.807) is 18.9 Å². The van der Waals surface area contributed by atoms with E-state index in [4.69, 9.17) is 10.5 Å². The molecule has 0 aromatic heterocycles. The first-order chi connectivity index (χ1) is 9.19. The fourth-order valence-corrected chi connectivity index (χ4v) is 2.86. The van der Waals surface area contributed by atoms with Crippen LogP contribution in [-0.2, 0) is 4.79 Å². The summed E-state index contributed by atoms with van der Waals surface area (Å²) in [4.78, 5) is 15.0. The third-order valence-corrected chi connectivity index (χ3v) is 4.31. The monoisotopic (exact) mass is 280 g/mol. The summed E-state index contributed by atoms with van der Waals surface area (Å²) >= 11 is 1.56. The molecular formula is C14H20N2O2S. The summed E-state index contributed by atoms with van der Waals surface area (Å²) in [6.07, 6.45) is 1.83. The van der Waals surface area contributed by atoms with Gasteiger partial charge in [-0.3, -0.25) is 4.79 Å². The first-order valence-corrected chi connectivity index (χ1v) is 7.48. The van der Waals surface area contributed by atoms with Gasteiger partial charge in [0.1, 0.15) is 5.75 Å². The largest absolute Gasteiger partial charge is 0.497 e. The van der Waals surface area contributed by atoms with Gasteiger partial charge in [0.25, 0.3) is 0 Å². The molecule has 0 bridgehead atoms. The van der Waals surface area contributed by atoms with Crippen molar-refractivity contribution in [2.75, 3.05) is 26.0 Å². The lowest BCUT2D eigenvalue weighted by atomic mass is 10.1. The molecule has 2 rings (SSSR count). The van der Waals surface area contributed by atoms with Crippen LogP contribution in [0.4, 0.5) is 0 Å². The minimum absolute atomic E-state index is 0.202. The lowest BCUT2D eigenvalue weighted by molar-refractivity contribution is -0.129. The molecule has 0 aliphatic carbocycles. The van der Waals surface area contributed by atoms with Crippen LogP contribution in [0.25, 0.3) is 0 Å². The van der Waals surface area contributed by atoms with E-state index in [0.717, 1.165) is 36.6 Å². The van der Waals surface area contributed by atoms with Gasteiger partial charge in [0.2, 0.25) is 5.91 Å². The zero-order chi connectivity index (χ0) is 13.7. The maximum absolute atomic E-state index is 12.0. The van der Waals surface area contributed by atoms with Crippen molar-refractivity contribution in [3.63, 3.8) is 0 Å². The Labute approximate surface area is 118 Å². The number of likely N-dealkylation sites (tertiary alicyclic amines) is 1. The van der Waals surface area contributed by atoms with Gasteiger partial charge in [-0.2, -0.15) is 0 Å². The molecule has 1 aliphatic rings. The molecule has 1 fully saturated rings. The lowest BCUT2D eigenvalue weighted by Crippen LogP contribution is -2.43. The van der Waals surface area contributed by atoms with E-state index in [1.807, 2.05) is 29.2 Å². The smallest absolute Gasteiger partial charge is 0.232 e. The second kappa shape index (κ2) is 6.82. The number of hydrogen-bond donors (Lipinski definition) is 1. The standard InChI is InChI=1S/C14H20N2O2S/c1-18-12-2-4-13(5-3-12)19-10-14(17)16-8-6-11(15)7-9-16/h2-5,11H,6-10,15H2,1H3. The highest BCUT2D eigenvalue weighted by Crippen LogP contribution is 2.22. The van der Waals surface area contributed by atoms with Crippen LogP contribution in [0.1, 0.15) is 12.8 Å². The van der Waals surface area contributed by atoms with E-state index >= 15 is 0 Å². The van der Waals surface area contributed by atoms with Gasteiger partial charge >= 0.3 is 0 Å². The molecule has 1 heterocycles. The lowest BCUT2D eigenvalue weighted by Gasteiger charge is -2.30. The normalized spacial score (nSPS) is 16.4. The van der Waals surface area contributed by atoms with E-state index in [2.05, 4.69) is 0 Å². The maximum atomic E-state index is 12.0. The number of ether oxygens (including phenoxy) is 1. The molecule has 0 unspecified atom stereocenters. The van der Waals surface area contributed by atoms with E-state index in [-0.39, 0.29) is 11.9 Å². The number of carbonyl (C=O) groups excluding carboxylic acids is 1. The molecule has 19 heavy (non-hydrogen) atoms. The topological polar surface area (TPSA) is 55.6 Å². The number of nitrogens with two attached hydrogens (primary N) is 1. The van der Waals surface area contributed by atoms with Crippen LogP contribution >= 0.6 is 11.8 Å². The molecule has 0 atom stereocenters. The second-order valence-corrected chi connectivity index (χ2v) is 5.73. The summed E-state index contributed by atoms with van der Waals surface area (Å²) in [6.45, 7) is 1.59. The Balaban J connectivity index is 1.79. The number of rotatable bonds is 4. The molecule has 1 saturated heterocycles. The van der Waals surface area contributed by atoms with Gasteiger partial charge in [-0.05, 0) is 37.1 Å². The number of nitrogens with zero attached hydrogens (tertiary/aromatic N) is 1. The molecule has 1 aromatic carbocycles. The van der Waals surface area contributed by atoms with Crippen LogP contribution in [-0.4, -0.2) is 42.8 Å². The Morgan fingerprint density at radius 3 is 2.58 bits per heavy atom. The van der Waals surface area contributed by atoms with E-state index < -0.39 is 0 Å². The summed E-state index contributed by atoms with van der Waals surface area (Å²) in [5, 5.41) is 0. The first-order valence-electron chi connectivity index (χ1n) is 6.49. The molecule has 104 valence electrons. The molecule has 5 heteroatoms. The zero-order valence-electron chi connectivity index (χ0n) is 11.2. The molecular weight excluding hydrogens is 260 g/mol. The Morgan fingerprint density at radius 2 is 2.00 bits per heavy atom. The Bertz CT molecular complexity index is 414. The van der Waals surface area contributed by atoms with Crippen molar-refractivity contribution in [2.45, 2.75) is 23.8 Å². The summed E-state index contributed by atoms with van der Waals surface area (Å²) in [6, 6.07) is 8.03. The molecule has 0 spiro atoms. The molecule has 0 radical (unpaired) electrons. The van der Waals surface area contributed by atoms with E-state index in [0.29, 0.717) is 5.75 Å². The minimum Gasteiger partial charge on any atom is -0.497 e. The van der Waals surface area contributed by atoms with E-state index in [1.165, 1.54) is 0 Å². The second-order valence-electron chi connectivity index (χ2n) is 4.68. The third-order valence-electron chi connectivity index (χ3n) is 3.31. The van der Waals surface area contributed by atoms with Gasteiger partial charge in [-0.15, -0.1) is 11.8 Å². The van der Waals surface area contributed by atoms with Gasteiger partial charge in [0, 0.05) is 24.0 Å². The van der Waals surface area contributed by atoms with Gasteiger partial charge in [-0.25, -0.2) is 0 Å². The SMILES string of the molecule is COc1ccc(SCC(=O)N2CCC(N)CC2)cc1. The number of benzene rings is 1. The van der Waals surface area contributed by atoms with Crippen molar-refractivity contribution in [1.29, 1.82) is 0 Å². The number of methoxy groups -OCH3 is 1. The van der Waals surface area contributed by atoms with Crippen LogP contribution in [0, 0.1) is 0 Å². The third kappa shape index (κ3) is 4.14. The molecule has 1 aliphatic heterocycles. The summed E-state index contributed by atoms with van der Waals surface area (Å²) in [7, 11) is 1.65. The van der Waals surface area contributed by atoms with Crippen molar-refractivity contribution in [2.24, 2.45) is 5.73 Å². The highest BCUT2D eigenvalue weighted by Gasteiger charge is 2.20. The van der Waals surface area contributed by atoms with E-state index in [9.17, 15) is 4.79 Å². The Kier molecular flexibility index (Phi) is 5.10. The molecule has 2 N–H and O–H groups in total. The number of carbonyl (C=O) groups is 1. The Hall–Kier alpha value is -1.20. The highest BCUT2D eigenvalue weighted by molar-refractivity contribution is 8.00. The fraction of sp³-hybridized carbons (Fsp3) is 0.500. The van der Waals surface area contributed by atoms with Crippen molar-refractivity contribution >= 4 is 17.7 Å². The van der Waals surface area contributed by atoms with Gasteiger partial charge in [0.05, 0.1) is 12.9 Å². The van der Waals surface area contributed by atoms with Crippen molar-refractivity contribution < 1.29 is 9.53 Å². The molecule has 1 aromatic rings. The summed E-state index contributed by atoms with van der Waals surface area (Å²) in [5.41, 5.74) is 5.83. The number of amides is 1. The van der Waals surface area contributed by atoms with Gasteiger partial charge in [-0.1, -0.05) is 0 Å². The van der Waals surface area contributed by atoms with Crippen LogP contribution < -0.4 is 10.5 Å². The predicted octanol–water partition coefficient (Wildman–Crippen LogP) is 1.74. The van der Waals surface area contributed by atoms with Crippen molar-refractivity contribution in [1.82, 2.24) is 4.90 Å². The highest BCUT2D eigenvalue weighted by atomic mass is 32.2. The molecule has 0 saturated carbocycles. The summed E-state index contributed by atoms with van der Waals surface area (Å²) < 4.78 is 5.10. The molecule has 4 nitrogen and oxygen atoms in total. The molecule has 1 amide bonds. The summed E-state index contributed by atoms with van der Waals surface area (Å²) in [5.74, 6) is 1.52. The zero-order valence-corrected chi connectivity index (χ0v) is 12.0. The van der Waals surface area contributed by atoms with Crippen LogP contribution in [0.5, 0.6) is 5.75 Å². The average molecular weight is 280 g/mol. The maximum Gasteiger partial charge on any atom is 0.232 e. The minimum atomic E-state index is 0.202. The quantitative estimate of drug-likeness (QED) is 0.854. The Morgan fingerprint density at radius 1 is 1.37 bits per heavy atom. The van der Waals surface area contributed by atoms with Crippen molar-refractivity contribution in [3.8, 4) is 5.75 Å². The van der Waals surface area contributed by atoms with Crippen LogP contribution in [0.3, 0.4) is 0 Å². The number of thioether (sulfide) groups is 1.